The van der Waals surface area contributed by atoms with Crippen LogP contribution in [0.2, 0.25) is 0 Å². The van der Waals surface area contributed by atoms with Crippen molar-refractivity contribution in [2.24, 2.45) is 5.73 Å². The van der Waals surface area contributed by atoms with Crippen molar-refractivity contribution in [2.75, 3.05) is 12.3 Å². The molecule has 2 bridgehead atoms. The zero-order chi connectivity index (χ0) is 16.1. The lowest BCUT2D eigenvalue weighted by molar-refractivity contribution is -0.141. The molecule has 4 unspecified atom stereocenters. The number of aliphatic carboxylic acids is 1. The van der Waals surface area contributed by atoms with Crippen LogP contribution in [0.4, 0.5) is 0 Å². The number of rotatable bonds is 1. The molecule has 3 amide bonds. The molecule has 0 aromatic carbocycles. The maximum absolute atomic E-state index is 12.5. The number of carbonyl (C=O) groups is 4. The van der Waals surface area contributed by atoms with Crippen LogP contribution in [-0.2, 0) is 19.2 Å². The number of carbonyl (C=O) groups excluding carboxylic acids is 3. The second kappa shape index (κ2) is 5.32. The van der Waals surface area contributed by atoms with Crippen molar-refractivity contribution in [3.63, 3.8) is 0 Å². The monoisotopic (exact) mass is 346 g/mol. The molecule has 120 valence electrons. The van der Waals surface area contributed by atoms with Crippen molar-refractivity contribution in [3.8, 4) is 0 Å². The Hall–Kier alpha value is -1.46. The molecule has 4 fully saturated rings. The van der Waals surface area contributed by atoms with E-state index in [9.17, 15) is 24.3 Å². The second-order valence-corrected chi connectivity index (χ2v) is 8.07. The van der Waals surface area contributed by atoms with E-state index >= 15 is 0 Å². The molecule has 22 heavy (non-hydrogen) atoms. The summed E-state index contributed by atoms with van der Waals surface area (Å²) in [7, 11) is 0. The molecule has 4 atom stereocenters. The van der Waals surface area contributed by atoms with Gasteiger partial charge in [-0.15, -0.1) is 0 Å². The number of nitrogens with two attached hydrogens (primary N) is 1. The molecule has 0 radical (unpaired) electrons. The van der Waals surface area contributed by atoms with Crippen LogP contribution in [0, 0.1) is 0 Å². The van der Waals surface area contributed by atoms with E-state index in [-0.39, 0.29) is 18.7 Å². The van der Waals surface area contributed by atoms with Gasteiger partial charge in [-0.1, -0.05) is 23.5 Å². The molecule has 1 spiro atoms. The summed E-state index contributed by atoms with van der Waals surface area (Å²) in [5, 5.41) is 13.6. The lowest BCUT2D eigenvalue weighted by atomic mass is 10.1. The highest BCUT2D eigenvalue weighted by atomic mass is 32.2. The average molecular weight is 346 g/mol. The smallest absolute Gasteiger partial charge is 0.318 e. The summed E-state index contributed by atoms with van der Waals surface area (Å²) in [6, 6.07) is -1.80. The topological polar surface area (TPSA) is 142 Å². The third-order valence-electron chi connectivity index (χ3n) is 3.65. The van der Waals surface area contributed by atoms with Crippen molar-refractivity contribution in [1.29, 1.82) is 0 Å². The largest absolute Gasteiger partial charge is 0.480 e. The molecule has 5 N–H and O–H groups in total. The van der Waals surface area contributed by atoms with Crippen LogP contribution in [0.1, 0.15) is 6.42 Å². The molecular weight excluding hydrogens is 332 g/mol. The number of amides is 3. The number of thioether (sulfide) groups is 2. The molecule has 0 aromatic rings. The highest BCUT2D eigenvalue weighted by Crippen LogP contribution is 2.49. The number of nitrogens with one attached hydrogen (secondary N) is 2. The van der Waals surface area contributed by atoms with Gasteiger partial charge in [0.15, 0.2) is 0 Å². The van der Waals surface area contributed by atoms with Crippen LogP contribution in [0.5, 0.6) is 0 Å². The number of nitrogens with zero attached hydrogens (tertiary/aromatic N) is 1. The van der Waals surface area contributed by atoms with Gasteiger partial charge in [-0.05, 0) is 0 Å². The Labute approximate surface area is 133 Å². The van der Waals surface area contributed by atoms with Gasteiger partial charge in [-0.3, -0.25) is 24.1 Å². The predicted molar refractivity (Wildman–Crippen MR) is 78.6 cm³/mol. The Balaban J connectivity index is 1.96. The Morgan fingerprint density at radius 3 is 2.82 bits per heavy atom. The van der Waals surface area contributed by atoms with Crippen LogP contribution in [0.15, 0.2) is 0 Å². The van der Waals surface area contributed by atoms with Gasteiger partial charge < -0.3 is 21.5 Å². The Morgan fingerprint density at radius 2 is 2.14 bits per heavy atom. The minimum absolute atomic E-state index is 0.0233. The fraction of sp³-hybridized carbons (Fsp3) is 0.636. The predicted octanol–water partition coefficient (Wildman–Crippen LogP) is -2.29. The van der Waals surface area contributed by atoms with Crippen LogP contribution in [0.3, 0.4) is 0 Å². The Bertz CT molecular complexity index is 573. The standard InChI is InChI=1S/C11H14N4O5S2/c12-4-1-7(16)14-11-15(2-6(22-11)10(19)20)9(18)5(3-21-11)13-8(4)17/h4-6H,1-3,12H2,(H,13,17)(H,14,16)(H,19,20). The second-order valence-electron chi connectivity index (χ2n) is 5.21. The van der Waals surface area contributed by atoms with E-state index in [1.165, 1.54) is 16.7 Å². The van der Waals surface area contributed by atoms with Gasteiger partial charge in [0.1, 0.15) is 11.3 Å². The molecule has 4 aliphatic rings. The highest BCUT2D eigenvalue weighted by Gasteiger charge is 2.57. The molecule has 0 aromatic heterocycles. The maximum atomic E-state index is 12.5. The molecule has 11 heteroatoms. The first kappa shape index (κ1) is 15.4. The third kappa shape index (κ3) is 2.42. The van der Waals surface area contributed by atoms with E-state index in [4.69, 9.17) is 5.73 Å². The first-order chi connectivity index (χ1) is 10.3. The van der Waals surface area contributed by atoms with Gasteiger partial charge >= 0.3 is 5.97 Å². The average Bonchev–Trinajstić information content (AvgIpc) is 2.81. The van der Waals surface area contributed by atoms with Crippen molar-refractivity contribution >= 4 is 47.2 Å². The lowest BCUT2D eigenvalue weighted by Gasteiger charge is -2.44. The number of carboxylic acids is 1. The van der Waals surface area contributed by atoms with E-state index in [2.05, 4.69) is 10.6 Å². The minimum atomic E-state index is -1.14. The summed E-state index contributed by atoms with van der Waals surface area (Å²) in [5.41, 5.74) is 5.64. The molecule has 4 heterocycles. The van der Waals surface area contributed by atoms with Crippen molar-refractivity contribution < 1.29 is 24.3 Å². The van der Waals surface area contributed by atoms with Crippen molar-refractivity contribution in [2.45, 2.75) is 28.1 Å². The zero-order valence-electron chi connectivity index (χ0n) is 11.3. The molecular formula is C11H14N4O5S2. The van der Waals surface area contributed by atoms with Crippen molar-refractivity contribution in [1.82, 2.24) is 15.5 Å². The van der Waals surface area contributed by atoms with Gasteiger partial charge in [0.05, 0.1) is 12.5 Å². The van der Waals surface area contributed by atoms with E-state index in [1.54, 1.807) is 0 Å². The fourth-order valence-electron chi connectivity index (χ4n) is 2.55. The normalized spacial score (nSPS) is 38.3. The Morgan fingerprint density at radius 1 is 1.41 bits per heavy atom. The summed E-state index contributed by atoms with van der Waals surface area (Å²) >= 11 is 2.26. The van der Waals surface area contributed by atoms with Crippen LogP contribution < -0.4 is 16.4 Å². The summed E-state index contributed by atoms with van der Waals surface area (Å²) in [4.78, 5) is 49.1. The molecule has 9 nitrogen and oxygen atoms in total. The number of hydrogen-bond acceptors (Lipinski definition) is 7. The quantitative estimate of drug-likeness (QED) is 0.415. The Kier molecular flexibility index (Phi) is 3.73. The van der Waals surface area contributed by atoms with Gasteiger partial charge in [0.25, 0.3) is 0 Å². The summed E-state index contributed by atoms with van der Waals surface area (Å²) in [6.45, 7) is -0.0233. The minimum Gasteiger partial charge on any atom is -0.480 e. The van der Waals surface area contributed by atoms with E-state index in [0.717, 1.165) is 11.8 Å². The van der Waals surface area contributed by atoms with Gasteiger partial charge in [-0.2, -0.15) is 0 Å². The number of fused-ring (bicyclic) bond motifs is 6. The summed E-state index contributed by atoms with van der Waals surface area (Å²) < 4.78 is -1.14. The van der Waals surface area contributed by atoms with Gasteiger partial charge in [-0.25, -0.2) is 0 Å². The molecule has 4 aliphatic heterocycles. The third-order valence-corrected chi connectivity index (χ3v) is 6.78. The lowest BCUT2D eigenvalue weighted by Crippen LogP contribution is -2.66. The van der Waals surface area contributed by atoms with E-state index < -0.39 is 45.4 Å². The first-order valence-electron chi connectivity index (χ1n) is 6.55. The summed E-state index contributed by atoms with van der Waals surface area (Å²) in [5.74, 6) is -2.27. The molecule has 0 saturated carbocycles. The first-order valence-corrected chi connectivity index (χ1v) is 8.42. The molecule has 0 aliphatic carbocycles. The molecule has 4 saturated heterocycles. The van der Waals surface area contributed by atoms with Crippen LogP contribution in [-0.4, -0.2) is 67.7 Å². The van der Waals surface area contributed by atoms with E-state index in [0.29, 0.717) is 0 Å². The SMILES string of the molecule is NC1CC(=O)NC23SCC(NC1=O)C(=O)N2CC(C(=O)O)S3. The maximum Gasteiger partial charge on any atom is 0.318 e. The van der Waals surface area contributed by atoms with E-state index in [1.807, 2.05) is 0 Å². The molecule has 4 rings (SSSR count). The van der Waals surface area contributed by atoms with Crippen LogP contribution >= 0.6 is 23.5 Å². The van der Waals surface area contributed by atoms with Crippen molar-refractivity contribution in [3.05, 3.63) is 0 Å². The van der Waals surface area contributed by atoms with Gasteiger partial charge in [0.2, 0.25) is 22.0 Å². The zero-order valence-corrected chi connectivity index (χ0v) is 12.9. The summed E-state index contributed by atoms with van der Waals surface area (Å²) in [6.07, 6.45) is -0.221. The number of carboxylic acid groups (broad SMARTS) is 1. The fourth-order valence-corrected chi connectivity index (χ4v) is 5.67. The highest BCUT2D eigenvalue weighted by molar-refractivity contribution is 8.19. The number of hydrogen-bond donors (Lipinski definition) is 4. The van der Waals surface area contributed by atoms with Gasteiger partial charge in [0, 0.05) is 12.3 Å². The van der Waals surface area contributed by atoms with Crippen LogP contribution in [0.25, 0.3) is 0 Å².